The summed E-state index contributed by atoms with van der Waals surface area (Å²) in [5.41, 5.74) is 0.358. The van der Waals surface area contributed by atoms with Gasteiger partial charge in [-0.05, 0) is 37.1 Å². The van der Waals surface area contributed by atoms with Crippen LogP contribution in [0.4, 0.5) is 0 Å². The molecule has 0 aromatic heterocycles. The summed E-state index contributed by atoms with van der Waals surface area (Å²) in [7, 11) is 0. The first-order chi connectivity index (χ1) is 9.00. The molecule has 3 atom stereocenters. The number of aliphatic hydroxyl groups excluding tert-OH is 1. The molecule has 0 spiro atoms. The van der Waals surface area contributed by atoms with Crippen molar-refractivity contribution >= 4 is 0 Å². The minimum absolute atomic E-state index is 0.135. The summed E-state index contributed by atoms with van der Waals surface area (Å²) in [4.78, 5) is 2.30. The minimum Gasteiger partial charge on any atom is -0.395 e. The Bertz CT molecular complexity index is 308. The number of hydrogen-bond acceptors (Lipinski definition) is 3. The van der Waals surface area contributed by atoms with E-state index in [9.17, 15) is 10.4 Å². The monoisotopic (exact) mass is 266 g/mol. The van der Waals surface area contributed by atoms with E-state index in [0.717, 1.165) is 19.4 Å². The van der Waals surface area contributed by atoms with E-state index < -0.39 is 0 Å². The van der Waals surface area contributed by atoms with Gasteiger partial charge in [-0.2, -0.15) is 5.26 Å². The Balaban J connectivity index is 2.82. The molecule has 0 saturated heterocycles. The van der Waals surface area contributed by atoms with Crippen LogP contribution in [0.1, 0.15) is 53.4 Å². The second-order valence-electron chi connectivity index (χ2n) is 6.51. The number of aliphatic hydroxyl groups is 1. The molecule has 0 bridgehead atoms. The van der Waals surface area contributed by atoms with Crippen LogP contribution in [0.5, 0.6) is 0 Å². The normalized spacial score (nSPS) is 28.4. The fraction of sp³-hybridized carbons (Fsp3) is 0.938. The highest BCUT2D eigenvalue weighted by atomic mass is 16.3. The van der Waals surface area contributed by atoms with Gasteiger partial charge in [-0.25, -0.2) is 0 Å². The molecule has 1 rings (SSSR count). The Hall–Kier alpha value is -0.590. The smallest absolute Gasteiger partial charge is 0.0672 e. The van der Waals surface area contributed by atoms with Gasteiger partial charge in [-0.15, -0.1) is 0 Å². The molecule has 0 aliphatic heterocycles. The molecule has 1 aliphatic rings. The number of rotatable bonds is 6. The molecule has 0 radical (unpaired) electrons. The van der Waals surface area contributed by atoms with Crippen LogP contribution < -0.4 is 0 Å². The Morgan fingerprint density at radius 3 is 2.47 bits per heavy atom. The number of nitriles is 1. The molecule has 0 heterocycles. The van der Waals surface area contributed by atoms with E-state index in [-0.39, 0.29) is 12.5 Å². The van der Waals surface area contributed by atoms with Crippen LogP contribution in [0.15, 0.2) is 0 Å². The highest BCUT2D eigenvalue weighted by Gasteiger charge is 2.39. The van der Waals surface area contributed by atoms with Gasteiger partial charge in [0, 0.05) is 12.6 Å². The Morgan fingerprint density at radius 2 is 2.00 bits per heavy atom. The van der Waals surface area contributed by atoms with Crippen molar-refractivity contribution in [2.75, 3.05) is 19.7 Å². The average molecular weight is 266 g/mol. The van der Waals surface area contributed by atoms with Crippen LogP contribution in [0.25, 0.3) is 0 Å². The van der Waals surface area contributed by atoms with Crippen molar-refractivity contribution < 1.29 is 5.11 Å². The molecule has 19 heavy (non-hydrogen) atoms. The molecule has 1 fully saturated rings. The average Bonchev–Trinajstić information content (AvgIpc) is 2.44. The first-order valence-electron chi connectivity index (χ1n) is 7.74. The van der Waals surface area contributed by atoms with Gasteiger partial charge in [-0.1, -0.05) is 34.1 Å². The van der Waals surface area contributed by atoms with Crippen LogP contribution in [0, 0.1) is 28.6 Å². The summed E-state index contributed by atoms with van der Waals surface area (Å²) in [5.74, 6) is 0.829. The first-order valence-corrected chi connectivity index (χ1v) is 7.74. The number of likely N-dealkylation sites (N-methyl/N-ethyl adjacent to an activating group) is 1. The lowest BCUT2D eigenvalue weighted by Gasteiger charge is -2.45. The minimum atomic E-state index is 0.135. The van der Waals surface area contributed by atoms with Crippen molar-refractivity contribution in [1.82, 2.24) is 4.90 Å². The van der Waals surface area contributed by atoms with E-state index in [2.05, 4.69) is 38.7 Å². The van der Waals surface area contributed by atoms with E-state index in [1.165, 1.54) is 12.8 Å². The second kappa shape index (κ2) is 7.26. The lowest BCUT2D eigenvalue weighted by Crippen LogP contribution is -2.47. The lowest BCUT2D eigenvalue weighted by atomic mass is 9.66. The topological polar surface area (TPSA) is 47.3 Å². The van der Waals surface area contributed by atoms with Crippen molar-refractivity contribution in [3.05, 3.63) is 0 Å². The van der Waals surface area contributed by atoms with E-state index in [1.807, 2.05) is 0 Å². The SMILES string of the molecule is CCN(CCO)C1CC(C(C)(C)CC)CCC1C#N. The molecule has 0 amide bonds. The van der Waals surface area contributed by atoms with Gasteiger partial charge in [0.2, 0.25) is 0 Å². The summed E-state index contributed by atoms with van der Waals surface area (Å²) < 4.78 is 0. The third-order valence-corrected chi connectivity index (χ3v) is 5.26. The predicted octanol–water partition coefficient (Wildman–Crippen LogP) is 3.05. The summed E-state index contributed by atoms with van der Waals surface area (Å²) in [5, 5.41) is 18.6. The molecule has 3 nitrogen and oxygen atoms in total. The maximum absolute atomic E-state index is 9.38. The van der Waals surface area contributed by atoms with Gasteiger partial charge in [0.25, 0.3) is 0 Å². The molecule has 3 unspecified atom stereocenters. The van der Waals surface area contributed by atoms with Crippen molar-refractivity contribution in [2.45, 2.75) is 59.4 Å². The highest BCUT2D eigenvalue weighted by molar-refractivity contribution is 4.99. The van der Waals surface area contributed by atoms with E-state index in [4.69, 9.17) is 0 Å². The van der Waals surface area contributed by atoms with E-state index in [0.29, 0.717) is 23.9 Å². The van der Waals surface area contributed by atoms with Crippen LogP contribution in [0.2, 0.25) is 0 Å². The van der Waals surface area contributed by atoms with Crippen LogP contribution in [-0.4, -0.2) is 35.7 Å². The van der Waals surface area contributed by atoms with Crippen molar-refractivity contribution in [3.63, 3.8) is 0 Å². The number of hydrogen-bond donors (Lipinski definition) is 1. The Labute approximate surface area is 118 Å². The third-order valence-electron chi connectivity index (χ3n) is 5.26. The molecule has 110 valence electrons. The zero-order chi connectivity index (χ0) is 14.5. The van der Waals surface area contributed by atoms with Crippen molar-refractivity contribution in [1.29, 1.82) is 5.26 Å². The van der Waals surface area contributed by atoms with Gasteiger partial charge >= 0.3 is 0 Å². The highest BCUT2D eigenvalue weighted by Crippen LogP contribution is 2.43. The molecular formula is C16H30N2O. The standard InChI is InChI=1S/C16H30N2O/c1-5-16(3,4)14-8-7-13(12-17)15(11-14)18(6-2)9-10-19/h13-15,19H,5-11H2,1-4H3. The molecule has 0 aromatic rings. The van der Waals surface area contributed by atoms with Gasteiger partial charge in [-0.3, -0.25) is 4.90 Å². The summed E-state index contributed by atoms with van der Waals surface area (Å²) in [6.07, 6.45) is 4.48. The van der Waals surface area contributed by atoms with Crippen LogP contribution in [-0.2, 0) is 0 Å². The third kappa shape index (κ3) is 3.94. The van der Waals surface area contributed by atoms with Gasteiger partial charge in [0.15, 0.2) is 0 Å². The predicted molar refractivity (Wildman–Crippen MR) is 78.6 cm³/mol. The summed E-state index contributed by atoms with van der Waals surface area (Å²) in [6.45, 7) is 10.9. The van der Waals surface area contributed by atoms with E-state index in [1.54, 1.807) is 0 Å². The maximum atomic E-state index is 9.38. The fourth-order valence-corrected chi connectivity index (χ4v) is 3.39. The number of nitrogens with zero attached hydrogens (tertiary/aromatic N) is 2. The van der Waals surface area contributed by atoms with Gasteiger partial charge in [0.1, 0.15) is 0 Å². The molecule has 1 N–H and O–H groups in total. The van der Waals surface area contributed by atoms with Crippen LogP contribution >= 0.6 is 0 Å². The molecular weight excluding hydrogens is 236 g/mol. The summed E-state index contributed by atoms with van der Waals surface area (Å²) >= 11 is 0. The lowest BCUT2D eigenvalue weighted by molar-refractivity contribution is 0.0455. The van der Waals surface area contributed by atoms with Crippen molar-refractivity contribution in [2.24, 2.45) is 17.3 Å². The van der Waals surface area contributed by atoms with Gasteiger partial charge < -0.3 is 5.11 Å². The zero-order valence-electron chi connectivity index (χ0n) is 13.0. The molecule has 1 saturated carbocycles. The largest absolute Gasteiger partial charge is 0.395 e. The van der Waals surface area contributed by atoms with E-state index >= 15 is 0 Å². The fourth-order valence-electron chi connectivity index (χ4n) is 3.39. The van der Waals surface area contributed by atoms with Gasteiger partial charge in [0.05, 0.1) is 18.6 Å². The molecule has 1 aliphatic carbocycles. The molecule has 0 aromatic carbocycles. The zero-order valence-corrected chi connectivity index (χ0v) is 13.0. The quantitative estimate of drug-likeness (QED) is 0.804. The van der Waals surface area contributed by atoms with Crippen molar-refractivity contribution in [3.8, 4) is 6.07 Å². The Morgan fingerprint density at radius 1 is 1.32 bits per heavy atom. The van der Waals surface area contributed by atoms with Crippen LogP contribution in [0.3, 0.4) is 0 Å². The Kier molecular flexibility index (Phi) is 6.29. The second-order valence-corrected chi connectivity index (χ2v) is 6.51. The molecule has 3 heteroatoms. The summed E-state index contributed by atoms with van der Waals surface area (Å²) in [6, 6.07) is 2.82. The first kappa shape index (κ1) is 16.5. The maximum Gasteiger partial charge on any atom is 0.0672 e.